The lowest BCUT2D eigenvalue weighted by molar-refractivity contribution is -0.114. The predicted molar refractivity (Wildman–Crippen MR) is 111 cm³/mol. The van der Waals surface area contributed by atoms with Crippen LogP contribution in [0.1, 0.15) is 16.7 Å². The van der Waals surface area contributed by atoms with E-state index in [-0.39, 0.29) is 12.5 Å². The molecular formula is C23H24N2O2. The summed E-state index contributed by atoms with van der Waals surface area (Å²) in [4.78, 5) is 12.2. The van der Waals surface area contributed by atoms with Crippen LogP contribution in [0.5, 0.6) is 11.5 Å². The van der Waals surface area contributed by atoms with E-state index in [0.29, 0.717) is 0 Å². The number of aryl methyl sites for hydroxylation is 3. The first-order valence-electron chi connectivity index (χ1n) is 8.96. The van der Waals surface area contributed by atoms with E-state index in [0.717, 1.165) is 34.0 Å². The minimum Gasteiger partial charge on any atom is -0.457 e. The van der Waals surface area contributed by atoms with Gasteiger partial charge in [0.05, 0.1) is 6.54 Å². The Morgan fingerprint density at radius 3 is 2.07 bits per heavy atom. The molecule has 0 aliphatic carbocycles. The molecule has 0 fully saturated rings. The van der Waals surface area contributed by atoms with E-state index in [9.17, 15) is 4.79 Å². The SMILES string of the molecule is Cc1cc(C)c(NCC(=O)Nc2ccc(Oc3ccccc3)cc2)c(C)c1. The fourth-order valence-corrected chi connectivity index (χ4v) is 3.06. The van der Waals surface area contributed by atoms with E-state index in [1.807, 2.05) is 68.4 Å². The minimum atomic E-state index is -0.0916. The van der Waals surface area contributed by atoms with Crippen molar-refractivity contribution in [2.24, 2.45) is 0 Å². The van der Waals surface area contributed by atoms with Crippen LogP contribution in [0.15, 0.2) is 66.7 Å². The number of hydrogen-bond donors (Lipinski definition) is 2. The van der Waals surface area contributed by atoms with E-state index >= 15 is 0 Å². The number of amides is 1. The highest BCUT2D eigenvalue weighted by atomic mass is 16.5. The quantitative estimate of drug-likeness (QED) is 0.614. The van der Waals surface area contributed by atoms with E-state index in [1.54, 1.807) is 0 Å². The third-order valence-electron chi connectivity index (χ3n) is 4.22. The summed E-state index contributed by atoms with van der Waals surface area (Å²) < 4.78 is 5.75. The van der Waals surface area contributed by atoms with Gasteiger partial charge in [0.15, 0.2) is 0 Å². The average molecular weight is 360 g/mol. The average Bonchev–Trinajstić information content (AvgIpc) is 2.63. The first-order valence-corrected chi connectivity index (χ1v) is 8.96. The summed E-state index contributed by atoms with van der Waals surface area (Å²) in [6.45, 7) is 6.38. The number of nitrogens with one attached hydrogen (secondary N) is 2. The molecule has 4 nitrogen and oxygen atoms in total. The lowest BCUT2D eigenvalue weighted by atomic mass is 10.1. The second kappa shape index (κ2) is 8.41. The van der Waals surface area contributed by atoms with Crippen LogP contribution in [-0.4, -0.2) is 12.5 Å². The van der Waals surface area contributed by atoms with E-state index in [4.69, 9.17) is 4.74 Å². The summed E-state index contributed by atoms with van der Waals surface area (Å²) in [5, 5.41) is 6.13. The van der Waals surface area contributed by atoms with Crippen molar-refractivity contribution in [1.82, 2.24) is 0 Å². The number of carbonyl (C=O) groups excluding carboxylic acids is 1. The molecule has 3 aromatic carbocycles. The van der Waals surface area contributed by atoms with E-state index < -0.39 is 0 Å². The van der Waals surface area contributed by atoms with Crippen molar-refractivity contribution in [3.05, 3.63) is 83.4 Å². The maximum Gasteiger partial charge on any atom is 0.243 e. The van der Waals surface area contributed by atoms with Gasteiger partial charge in [-0.25, -0.2) is 0 Å². The molecule has 0 saturated heterocycles. The maximum atomic E-state index is 12.2. The zero-order valence-electron chi connectivity index (χ0n) is 15.9. The largest absolute Gasteiger partial charge is 0.457 e. The molecule has 0 heterocycles. The van der Waals surface area contributed by atoms with Crippen molar-refractivity contribution in [2.45, 2.75) is 20.8 Å². The lowest BCUT2D eigenvalue weighted by Crippen LogP contribution is -2.22. The second-order valence-electron chi connectivity index (χ2n) is 6.61. The number of carbonyl (C=O) groups is 1. The molecule has 3 aromatic rings. The second-order valence-corrected chi connectivity index (χ2v) is 6.61. The molecule has 0 aliphatic heterocycles. The highest BCUT2D eigenvalue weighted by Crippen LogP contribution is 2.23. The number of hydrogen-bond acceptors (Lipinski definition) is 3. The molecular weight excluding hydrogens is 336 g/mol. The summed E-state index contributed by atoms with van der Waals surface area (Å²) in [6.07, 6.45) is 0. The zero-order valence-corrected chi connectivity index (χ0v) is 15.9. The van der Waals surface area contributed by atoms with Gasteiger partial charge in [-0.15, -0.1) is 0 Å². The topological polar surface area (TPSA) is 50.4 Å². The number of para-hydroxylation sites is 1. The molecule has 0 bridgehead atoms. The molecule has 0 radical (unpaired) electrons. The van der Waals surface area contributed by atoms with Gasteiger partial charge < -0.3 is 15.4 Å². The standard InChI is InChI=1S/C23H24N2O2/c1-16-13-17(2)23(18(3)14-16)24-15-22(26)25-19-9-11-21(12-10-19)27-20-7-5-4-6-8-20/h4-14,24H,15H2,1-3H3,(H,25,26). The first kappa shape index (κ1) is 18.5. The van der Waals surface area contributed by atoms with Crippen LogP contribution >= 0.6 is 0 Å². The van der Waals surface area contributed by atoms with Gasteiger partial charge in [-0.1, -0.05) is 35.9 Å². The van der Waals surface area contributed by atoms with Crippen molar-refractivity contribution >= 4 is 17.3 Å². The Kier molecular flexibility index (Phi) is 5.77. The van der Waals surface area contributed by atoms with Gasteiger partial charge in [-0.3, -0.25) is 4.79 Å². The van der Waals surface area contributed by atoms with Crippen LogP contribution in [0, 0.1) is 20.8 Å². The normalized spacial score (nSPS) is 10.3. The fourth-order valence-electron chi connectivity index (χ4n) is 3.06. The first-order chi connectivity index (χ1) is 13.0. The Morgan fingerprint density at radius 2 is 1.44 bits per heavy atom. The predicted octanol–water partition coefficient (Wildman–Crippen LogP) is 5.45. The fraction of sp³-hybridized carbons (Fsp3) is 0.174. The van der Waals surface area contributed by atoms with Crippen LogP contribution in [0.25, 0.3) is 0 Å². The van der Waals surface area contributed by atoms with Crippen LogP contribution in [0.3, 0.4) is 0 Å². The summed E-state index contributed by atoms with van der Waals surface area (Å²) in [6, 6.07) is 21.2. The summed E-state index contributed by atoms with van der Waals surface area (Å²) in [7, 11) is 0. The molecule has 0 atom stereocenters. The van der Waals surface area contributed by atoms with Crippen LogP contribution in [0.4, 0.5) is 11.4 Å². The Morgan fingerprint density at radius 1 is 0.852 bits per heavy atom. The summed E-state index contributed by atoms with van der Waals surface area (Å²) in [5.74, 6) is 1.41. The molecule has 1 amide bonds. The van der Waals surface area contributed by atoms with Crippen molar-refractivity contribution in [1.29, 1.82) is 0 Å². The van der Waals surface area contributed by atoms with Crippen molar-refractivity contribution in [2.75, 3.05) is 17.2 Å². The third-order valence-corrected chi connectivity index (χ3v) is 4.22. The molecule has 0 aliphatic rings. The molecule has 3 rings (SSSR count). The zero-order chi connectivity index (χ0) is 19.2. The van der Waals surface area contributed by atoms with E-state index in [2.05, 4.69) is 29.7 Å². The molecule has 0 spiro atoms. The smallest absolute Gasteiger partial charge is 0.243 e. The van der Waals surface area contributed by atoms with Crippen molar-refractivity contribution < 1.29 is 9.53 Å². The number of ether oxygens (including phenoxy) is 1. The van der Waals surface area contributed by atoms with Gasteiger partial charge >= 0.3 is 0 Å². The highest BCUT2D eigenvalue weighted by Gasteiger charge is 2.07. The van der Waals surface area contributed by atoms with Gasteiger partial charge in [-0.2, -0.15) is 0 Å². The minimum absolute atomic E-state index is 0.0916. The molecule has 4 heteroatoms. The van der Waals surface area contributed by atoms with Crippen LogP contribution < -0.4 is 15.4 Å². The number of benzene rings is 3. The number of rotatable bonds is 6. The van der Waals surface area contributed by atoms with Gasteiger partial charge in [-0.05, 0) is 68.3 Å². The Balaban J connectivity index is 1.55. The summed E-state index contributed by atoms with van der Waals surface area (Å²) >= 11 is 0. The maximum absolute atomic E-state index is 12.2. The molecule has 0 aromatic heterocycles. The highest BCUT2D eigenvalue weighted by molar-refractivity contribution is 5.94. The van der Waals surface area contributed by atoms with E-state index in [1.165, 1.54) is 5.56 Å². The monoisotopic (exact) mass is 360 g/mol. The van der Waals surface area contributed by atoms with Gasteiger partial charge in [0.2, 0.25) is 5.91 Å². The molecule has 2 N–H and O–H groups in total. The van der Waals surface area contributed by atoms with Crippen LogP contribution in [0.2, 0.25) is 0 Å². The van der Waals surface area contributed by atoms with Gasteiger partial charge in [0, 0.05) is 11.4 Å². The van der Waals surface area contributed by atoms with Gasteiger partial charge in [0.25, 0.3) is 0 Å². The Labute approximate surface area is 160 Å². The van der Waals surface area contributed by atoms with Crippen LogP contribution in [-0.2, 0) is 4.79 Å². The Bertz CT molecular complexity index is 896. The number of anilines is 2. The summed E-state index contributed by atoms with van der Waals surface area (Å²) in [5.41, 5.74) is 5.25. The van der Waals surface area contributed by atoms with Crippen molar-refractivity contribution in [3.63, 3.8) is 0 Å². The molecule has 0 saturated carbocycles. The molecule has 138 valence electrons. The molecule has 27 heavy (non-hydrogen) atoms. The lowest BCUT2D eigenvalue weighted by Gasteiger charge is -2.14. The Hall–Kier alpha value is -3.27. The van der Waals surface area contributed by atoms with Gasteiger partial charge in [0.1, 0.15) is 11.5 Å². The molecule has 0 unspecified atom stereocenters. The third kappa shape index (κ3) is 5.11. The van der Waals surface area contributed by atoms with Crippen molar-refractivity contribution in [3.8, 4) is 11.5 Å².